The summed E-state index contributed by atoms with van der Waals surface area (Å²) < 4.78 is -0.481. The van der Waals surface area contributed by atoms with E-state index in [1.54, 1.807) is 43.3 Å². The number of benzodiazepines with no additional fused rings is 1. The monoisotopic (exact) mass is 391 g/mol. The van der Waals surface area contributed by atoms with Gasteiger partial charge in [-0.3, -0.25) is 9.79 Å². The molecule has 0 radical (unpaired) electrons. The van der Waals surface area contributed by atoms with Gasteiger partial charge in [-0.25, -0.2) is 0 Å². The molecule has 1 heterocycles. The zero-order valence-corrected chi connectivity index (χ0v) is 16.1. The van der Waals surface area contributed by atoms with E-state index >= 15 is 0 Å². The Bertz CT molecular complexity index is 875. The highest BCUT2D eigenvalue weighted by molar-refractivity contribution is 6.36. The lowest BCUT2D eigenvalue weighted by molar-refractivity contribution is -0.838. The van der Waals surface area contributed by atoms with E-state index < -0.39 is 4.65 Å². The molecule has 136 valence electrons. The lowest BCUT2D eigenvalue weighted by Crippen LogP contribution is -2.43. The molecule has 0 atom stereocenters. The van der Waals surface area contributed by atoms with Gasteiger partial charge in [0.15, 0.2) is 0 Å². The zero-order valence-electron chi connectivity index (χ0n) is 14.6. The molecule has 26 heavy (non-hydrogen) atoms. The van der Waals surface area contributed by atoms with Gasteiger partial charge in [0.05, 0.1) is 38.6 Å². The molecule has 0 saturated carbocycles. The Morgan fingerprint density at radius 2 is 1.88 bits per heavy atom. The summed E-state index contributed by atoms with van der Waals surface area (Å²) in [6.07, 6.45) is 0. The third-order valence-corrected chi connectivity index (χ3v) is 4.73. The van der Waals surface area contributed by atoms with Crippen molar-refractivity contribution in [3.63, 3.8) is 0 Å². The Hall–Kier alpha value is -1.92. The van der Waals surface area contributed by atoms with Gasteiger partial charge in [0.1, 0.15) is 6.54 Å². The number of hydrogen-bond acceptors (Lipinski definition) is 3. The van der Waals surface area contributed by atoms with Crippen molar-refractivity contribution in [1.29, 1.82) is 0 Å². The molecular weight excluding hydrogens is 373 g/mol. The number of aliphatic imine (C=N–C) groups is 1. The van der Waals surface area contributed by atoms with Crippen LogP contribution in [0, 0.1) is 5.21 Å². The summed E-state index contributed by atoms with van der Waals surface area (Å²) >= 11 is 12.6. The molecule has 0 aliphatic carbocycles. The number of quaternary nitrogens is 1. The third-order valence-electron chi connectivity index (χ3n) is 4.17. The predicted molar refractivity (Wildman–Crippen MR) is 106 cm³/mol. The fourth-order valence-electron chi connectivity index (χ4n) is 2.85. The number of fused-ring (bicyclic) bond motifs is 1. The molecular formula is C19H19Cl2N3O2. The van der Waals surface area contributed by atoms with Crippen LogP contribution in [0.2, 0.25) is 10.0 Å². The van der Waals surface area contributed by atoms with Crippen LogP contribution in [0.1, 0.15) is 11.1 Å². The first-order chi connectivity index (χ1) is 12.3. The maximum atomic E-state index is 12.7. The molecule has 0 bridgehead atoms. The minimum Gasteiger partial charge on any atom is -0.633 e. The summed E-state index contributed by atoms with van der Waals surface area (Å²) in [4.78, 5) is 18.8. The molecule has 2 aromatic rings. The van der Waals surface area contributed by atoms with E-state index in [9.17, 15) is 10.0 Å². The van der Waals surface area contributed by atoms with Crippen molar-refractivity contribution in [3.05, 3.63) is 68.8 Å². The van der Waals surface area contributed by atoms with Gasteiger partial charge in [-0.1, -0.05) is 41.4 Å². The Morgan fingerprint density at radius 1 is 1.15 bits per heavy atom. The van der Waals surface area contributed by atoms with Gasteiger partial charge in [0, 0.05) is 21.2 Å². The zero-order chi connectivity index (χ0) is 18.9. The topological polar surface area (TPSA) is 55.7 Å². The third kappa shape index (κ3) is 4.07. The first-order valence-corrected chi connectivity index (χ1v) is 8.95. The molecule has 7 heteroatoms. The number of likely N-dealkylation sites (N-methyl/N-ethyl adjacent to an activating group) is 1. The average Bonchev–Trinajstić information content (AvgIpc) is 2.69. The second-order valence-electron chi connectivity index (χ2n) is 6.65. The van der Waals surface area contributed by atoms with Crippen molar-refractivity contribution >= 4 is 40.5 Å². The highest BCUT2D eigenvalue weighted by atomic mass is 35.5. The number of hydroxylamine groups is 3. The molecule has 0 N–H and O–H groups in total. The summed E-state index contributed by atoms with van der Waals surface area (Å²) in [7, 11) is 3.10. The number of amides is 1. The van der Waals surface area contributed by atoms with Crippen LogP contribution in [-0.2, 0) is 4.79 Å². The molecule has 0 unspecified atom stereocenters. The normalized spacial score (nSPS) is 14.7. The highest BCUT2D eigenvalue weighted by Crippen LogP contribution is 2.31. The Morgan fingerprint density at radius 3 is 2.58 bits per heavy atom. The number of hydrogen-bond donors (Lipinski definition) is 0. The van der Waals surface area contributed by atoms with Crippen LogP contribution < -0.4 is 4.90 Å². The summed E-state index contributed by atoms with van der Waals surface area (Å²) in [5.74, 6) is -0.163. The largest absolute Gasteiger partial charge is 0.633 e. The van der Waals surface area contributed by atoms with E-state index in [4.69, 9.17) is 23.2 Å². The number of benzene rings is 2. The first-order valence-electron chi connectivity index (χ1n) is 8.20. The maximum absolute atomic E-state index is 12.7. The lowest BCUT2D eigenvalue weighted by atomic mass is 10.00. The molecule has 0 aromatic heterocycles. The van der Waals surface area contributed by atoms with Gasteiger partial charge in [-0.2, -0.15) is 0 Å². The van der Waals surface area contributed by atoms with E-state index in [-0.39, 0.29) is 19.0 Å². The molecule has 1 aliphatic heterocycles. The van der Waals surface area contributed by atoms with Gasteiger partial charge < -0.3 is 14.8 Å². The molecule has 2 aromatic carbocycles. The van der Waals surface area contributed by atoms with Crippen molar-refractivity contribution in [2.75, 3.05) is 38.6 Å². The molecule has 0 saturated heterocycles. The second kappa shape index (κ2) is 7.37. The van der Waals surface area contributed by atoms with Crippen molar-refractivity contribution in [2.24, 2.45) is 4.99 Å². The van der Waals surface area contributed by atoms with Crippen molar-refractivity contribution < 1.29 is 9.44 Å². The number of nitrogens with zero attached hydrogens (tertiary/aromatic N) is 3. The Kier molecular flexibility index (Phi) is 5.34. The number of anilines is 1. The van der Waals surface area contributed by atoms with Crippen LogP contribution in [0.5, 0.6) is 0 Å². The summed E-state index contributed by atoms with van der Waals surface area (Å²) in [5.41, 5.74) is 2.78. The van der Waals surface area contributed by atoms with Crippen molar-refractivity contribution in [1.82, 2.24) is 0 Å². The van der Waals surface area contributed by atoms with E-state index in [0.29, 0.717) is 28.0 Å². The standard InChI is InChI=1S/C19H19Cl2N3O2/c1-24(2,26)10-9-23-17-8-7-13(20)11-15(17)19(22-12-18(23)25)14-5-3-4-6-16(14)21/h3-8,11H,9-10,12H2,1-2H3. The first kappa shape index (κ1) is 18.9. The van der Waals surface area contributed by atoms with Crippen LogP contribution >= 0.6 is 23.2 Å². The smallest absolute Gasteiger partial charge is 0.248 e. The quantitative estimate of drug-likeness (QED) is 0.588. The maximum Gasteiger partial charge on any atom is 0.248 e. The van der Waals surface area contributed by atoms with E-state index in [0.717, 1.165) is 11.1 Å². The van der Waals surface area contributed by atoms with Gasteiger partial charge in [-0.05, 0) is 24.3 Å². The average molecular weight is 392 g/mol. The minimum atomic E-state index is -0.481. The lowest BCUT2D eigenvalue weighted by Gasteiger charge is -2.36. The molecule has 1 aliphatic rings. The van der Waals surface area contributed by atoms with Crippen molar-refractivity contribution in [3.8, 4) is 0 Å². The Labute approximate surface area is 162 Å². The fourth-order valence-corrected chi connectivity index (χ4v) is 3.25. The summed E-state index contributed by atoms with van der Waals surface area (Å²) in [6, 6.07) is 12.7. The molecule has 0 spiro atoms. The van der Waals surface area contributed by atoms with E-state index in [1.165, 1.54) is 0 Å². The van der Waals surface area contributed by atoms with Crippen LogP contribution in [0.25, 0.3) is 0 Å². The molecule has 3 rings (SSSR count). The molecule has 0 fully saturated rings. The molecule has 1 amide bonds. The fraction of sp³-hybridized carbons (Fsp3) is 0.263. The Balaban J connectivity index is 2.11. The van der Waals surface area contributed by atoms with Crippen molar-refractivity contribution in [2.45, 2.75) is 0 Å². The number of carbonyl (C=O) groups excluding carboxylic acids is 1. The van der Waals surface area contributed by atoms with Gasteiger partial charge in [0.2, 0.25) is 5.91 Å². The summed E-state index contributed by atoms with van der Waals surface area (Å²) in [5, 5.41) is 13.1. The predicted octanol–water partition coefficient (Wildman–Crippen LogP) is 3.75. The number of rotatable bonds is 4. The number of carbonyl (C=O) groups is 1. The minimum absolute atomic E-state index is 0.0147. The van der Waals surface area contributed by atoms with E-state index in [1.807, 2.05) is 18.2 Å². The van der Waals surface area contributed by atoms with Gasteiger partial charge in [-0.15, -0.1) is 0 Å². The van der Waals surface area contributed by atoms with E-state index in [2.05, 4.69) is 4.99 Å². The van der Waals surface area contributed by atoms with Crippen LogP contribution in [-0.4, -0.2) is 50.0 Å². The van der Waals surface area contributed by atoms with Crippen LogP contribution in [0.4, 0.5) is 5.69 Å². The number of halogens is 2. The van der Waals surface area contributed by atoms with Crippen LogP contribution in [0.15, 0.2) is 47.5 Å². The van der Waals surface area contributed by atoms with Crippen LogP contribution in [0.3, 0.4) is 0 Å². The highest BCUT2D eigenvalue weighted by Gasteiger charge is 2.27. The summed E-state index contributed by atoms with van der Waals surface area (Å²) in [6.45, 7) is 0.559. The van der Waals surface area contributed by atoms with Gasteiger partial charge in [0.25, 0.3) is 0 Å². The SMILES string of the molecule is C[N+](C)([O-])CCN1C(=O)CN=C(c2ccccc2Cl)c2cc(Cl)ccc21. The second-order valence-corrected chi connectivity index (χ2v) is 7.49. The molecule has 5 nitrogen and oxygen atoms in total. The van der Waals surface area contributed by atoms with Gasteiger partial charge >= 0.3 is 0 Å².